The summed E-state index contributed by atoms with van der Waals surface area (Å²) in [7, 11) is 3.76. The second-order valence-corrected chi connectivity index (χ2v) is 3.55. The Morgan fingerprint density at radius 1 is 1.55 bits per heavy atom. The Labute approximate surface area is 69.3 Å². The average molecular weight is 157 g/mol. The predicted octanol–water partition coefficient (Wildman–Crippen LogP) is 0.548. The SMILES string of the molecule is [CH2-][NH2+]CC1(COCCC)CC1. The van der Waals surface area contributed by atoms with Crippen LogP contribution in [0.2, 0.25) is 0 Å². The molecule has 0 heterocycles. The zero-order valence-electron chi connectivity index (χ0n) is 7.44. The van der Waals surface area contributed by atoms with Gasteiger partial charge in [0.2, 0.25) is 0 Å². The lowest BCUT2D eigenvalue weighted by Crippen LogP contribution is -2.79. The van der Waals surface area contributed by atoms with E-state index in [1.165, 1.54) is 12.8 Å². The molecule has 0 aromatic rings. The van der Waals surface area contributed by atoms with Crippen molar-refractivity contribution in [3.8, 4) is 0 Å². The van der Waals surface area contributed by atoms with Crippen LogP contribution in [0.4, 0.5) is 0 Å². The van der Waals surface area contributed by atoms with Crippen molar-refractivity contribution in [2.45, 2.75) is 26.2 Å². The Bertz CT molecular complexity index is 110. The first-order chi connectivity index (χ1) is 5.33. The summed E-state index contributed by atoms with van der Waals surface area (Å²) < 4.78 is 5.51. The predicted molar refractivity (Wildman–Crippen MR) is 44.9 cm³/mol. The quantitative estimate of drug-likeness (QED) is 0.442. The van der Waals surface area contributed by atoms with Crippen LogP contribution in [0.1, 0.15) is 26.2 Å². The van der Waals surface area contributed by atoms with Crippen LogP contribution in [-0.4, -0.2) is 19.8 Å². The van der Waals surface area contributed by atoms with Gasteiger partial charge in [0.05, 0.1) is 13.2 Å². The first-order valence-electron chi connectivity index (χ1n) is 4.52. The molecule has 2 heteroatoms. The number of nitrogens with two attached hydrogens (primary N) is 1. The molecule has 0 aliphatic heterocycles. The number of hydrogen-bond donors (Lipinski definition) is 1. The van der Waals surface area contributed by atoms with Crippen LogP contribution in [-0.2, 0) is 4.74 Å². The second kappa shape index (κ2) is 4.07. The van der Waals surface area contributed by atoms with Crippen LogP contribution < -0.4 is 5.32 Å². The fourth-order valence-electron chi connectivity index (χ4n) is 1.32. The van der Waals surface area contributed by atoms with Gasteiger partial charge in [-0.3, -0.25) is 0 Å². The largest absolute Gasteiger partial charge is 0.478 e. The molecular formula is C9H19NO. The molecule has 1 fully saturated rings. The summed E-state index contributed by atoms with van der Waals surface area (Å²) in [6.45, 7) is 5.15. The van der Waals surface area contributed by atoms with E-state index in [0.29, 0.717) is 5.41 Å². The van der Waals surface area contributed by atoms with E-state index in [2.05, 4.69) is 14.0 Å². The molecule has 0 aromatic heterocycles. The molecule has 1 saturated carbocycles. The van der Waals surface area contributed by atoms with Gasteiger partial charge in [-0.1, -0.05) is 6.92 Å². The van der Waals surface area contributed by atoms with Gasteiger partial charge in [0.1, 0.15) is 0 Å². The molecule has 0 radical (unpaired) electrons. The third kappa shape index (κ3) is 2.80. The zero-order valence-corrected chi connectivity index (χ0v) is 7.44. The average Bonchev–Trinajstić information content (AvgIpc) is 2.71. The molecule has 1 aliphatic carbocycles. The molecule has 0 aromatic carbocycles. The minimum Gasteiger partial charge on any atom is -0.478 e. The van der Waals surface area contributed by atoms with E-state index in [1.807, 2.05) is 5.32 Å². The minimum absolute atomic E-state index is 0.511. The number of rotatable bonds is 6. The molecule has 0 atom stereocenters. The molecule has 0 amide bonds. The smallest absolute Gasteiger partial charge is 0.0595 e. The standard InChI is InChI=1S/C9H19NO/c1-3-6-11-8-9(4-5-9)7-10-2/h2-8,10H2,1H3. The Kier molecular flexibility index (Phi) is 3.34. The van der Waals surface area contributed by atoms with Crippen LogP contribution in [0.15, 0.2) is 0 Å². The summed E-state index contributed by atoms with van der Waals surface area (Å²) in [6, 6.07) is 0. The Morgan fingerprint density at radius 2 is 2.27 bits per heavy atom. The highest BCUT2D eigenvalue weighted by atomic mass is 16.5. The molecule has 0 saturated heterocycles. The van der Waals surface area contributed by atoms with E-state index >= 15 is 0 Å². The fraction of sp³-hybridized carbons (Fsp3) is 0.889. The lowest BCUT2D eigenvalue weighted by Gasteiger charge is -2.13. The normalized spacial score (nSPS) is 20.2. The third-order valence-electron chi connectivity index (χ3n) is 2.29. The van der Waals surface area contributed by atoms with Gasteiger partial charge in [-0.25, -0.2) is 0 Å². The van der Waals surface area contributed by atoms with Gasteiger partial charge in [0.15, 0.2) is 0 Å². The third-order valence-corrected chi connectivity index (χ3v) is 2.29. The van der Waals surface area contributed by atoms with Gasteiger partial charge in [-0.2, -0.15) is 7.05 Å². The highest BCUT2D eigenvalue weighted by Crippen LogP contribution is 2.44. The molecular weight excluding hydrogens is 138 g/mol. The summed E-state index contributed by atoms with van der Waals surface area (Å²) in [6.07, 6.45) is 3.80. The van der Waals surface area contributed by atoms with E-state index in [-0.39, 0.29) is 0 Å². The molecule has 1 aliphatic rings. The maximum absolute atomic E-state index is 5.51. The molecule has 66 valence electrons. The summed E-state index contributed by atoms with van der Waals surface area (Å²) in [5, 5.41) is 2.02. The summed E-state index contributed by atoms with van der Waals surface area (Å²) in [4.78, 5) is 0. The van der Waals surface area contributed by atoms with Crippen LogP contribution in [0.3, 0.4) is 0 Å². The van der Waals surface area contributed by atoms with Crippen molar-refractivity contribution in [1.82, 2.24) is 0 Å². The van der Waals surface area contributed by atoms with Crippen molar-refractivity contribution in [3.05, 3.63) is 7.05 Å². The monoisotopic (exact) mass is 157 g/mol. The van der Waals surface area contributed by atoms with Gasteiger partial charge in [-0.05, 0) is 19.3 Å². The van der Waals surface area contributed by atoms with E-state index in [4.69, 9.17) is 4.74 Å². The van der Waals surface area contributed by atoms with Crippen molar-refractivity contribution in [2.24, 2.45) is 5.41 Å². The Morgan fingerprint density at radius 3 is 2.73 bits per heavy atom. The van der Waals surface area contributed by atoms with Gasteiger partial charge in [0, 0.05) is 12.0 Å². The first kappa shape index (κ1) is 9.01. The van der Waals surface area contributed by atoms with E-state index in [1.54, 1.807) is 0 Å². The molecule has 0 spiro atoms. The lowest BCUT2D eigenvalue weighted by molar-refractivity contribution is -0.605. The number of quaternary nitrogens is 1. The van der Waals surface area contributed by atoms with Crippen LogP contribution in [0.5, 0.6) is 0 Å². The fourth-order valence-corrected chi connectivity index (χ4v) is 1.32. The van der Waals surface area contributed by atoms with Gasteiger partial charge >= 0.3 is 0 Å². The maximum Gasteiger partial charge on any atom is 0.0595 e. The van der Waals surface area contributed by atoms with Gasteiger partial charge in [-0.15, -0.1) is 0 Å². The Balaban J connectivity index is 2.04. The van der Waals surface area contributed by atoms with Crippen molar-refractivity contribution in [1.29, 1.82) is 0 Å². The van der Waals surface area contributed by atoms with Crippen LogP contribution >= 0.6 is 0 Å². The first-order valence-corrected chi connectivity index (χ1v) is 4.52. The van der Waals surface area contributed by atoms with Crippen molar-refractivity contribution in [2.75, 3.05) is 19.8 Å². The summed E-state index contributed by atoms with van der Waals surface area (Å²) in [5.74, 6) is 0. The second-order valence-electron chi connectivity index (χ2n) is 3.55. The summed E-state index contributed by atoms with van der Waals surface area (Å²) in [5.41, 5.74) is 0.511. The van der Waals surface area contributed by atoms with Crippen molar-refractivity contribution in [3.63, 3.8) is 0 Å². The van der Waals surface area contributed by atoms with Gasteiger partial charge < -0.3 is 10.1 Å². The molecule has 0 unspecified atom stereocenters. The molecule has 11 heavy (non-hydrogen) atoms. The zero-order chi connectivity index (χ0) is 8.16. The molecule has 2 nitrogen and oxygen atoms in total. The van der Waals surface area contributed by atoms with Gasteiger partial charge in [0.25, 0.3) is 0 Å². The van der Waals surface area contributed by atoms with E-state index in [0.717, 1.165) is 26.2 Å². The Hall–Kier alpha value is -0.0800. The maximum atomic E-state index is 5.51. The highest BCUT2D eigenvalue weighted by Gasteiger charge is 2.43. The van der Waals surface area contributed by atoms with E-state index in [9.17, 15) is 0 Å². The molecule has 2 N–H and O–H groups in total. The summed E-state index contributed by atoms with van der Waals surface area (Å²) >= 11 is 0. The van der Waals surface area contributed by atoms with Crippen molar-refractivity contribution >= 4 is 0 Å². The highest BCUT2D eigenvalue weighted by molar-refractivity contribution is 4.91. The minimum atomic E-state index is 0.511. The molecule has 0 bridgehead atoms. The van der Waals surface area contributed by atoms with E-state index < -0.39 is 0 Å². The number of ether oxygens (including phenoxy) is 1. The lowest BCUT2D eigenvalue weighted by atomic mass is 10.1. The molecule has 1 rings (SSSR count). The topological polar surface area (TPSA) is 25.8 Å². The van der Waals surface area contributed by atoms with Crippen LogP contribution in [0, 0.1) is 12.5 Å². The van der Waals surface area contributed by atoms with Crippen LogP contribution in [0.25, 0.3) is 0 Å². The van der Waals surface area contributed by atoms with Crippen molar-refractivity contribution < 1.29 is 10.1 Å². The number of hydrogen-bond acceptors (Lipinski definition) is 1.